The number of carbonyl (C=O) groups is 2. The molecule has 7 heteroatoms. The van der Waals surface area contributed by atoms with Gasteiger partial charge in [-0.25, -0.2) is 4.79 Å². The van der Waals surface area contributed by atoms with E-state index < -0.39 is 11.9 Å². The number of rotatable bonds is 6. The highest BCUT2D eigenvalue weighted by Crippen LogP contribution is 1.98. The number of nitrogens with one attached hydrogen (secondary N) is 2. The van der Waals surface area contributed by atoms with Gasteiger partial charge in [0.15, 0.2) is 0 Å². The van der Waals surface area contributed by atoms with E-state index in [9.17, 15) is 9.59 Å². The summed E-state index contributed by atoms with van der Waals surface area (Å²) >= 11 is 0. The van der Waals surface area contributed by atoms with Gasteiger partial charge in [0.05, 0.1) is 26.0 Å². The average molecular weight is 269 g/mol. The van der Waals surface area contributed by atoms with Crippen molar-refractivity contribution in [1.82, 2.24) is 15.5 Å². The van der Waals surface area contributed by atoms with E-state index in [1.807, 2.05) is 0 Å². The van der Waals surface area contributed by atoms with E-state index in [0.717, 1.165) is 0 Å². The molecule has 0 aromatic carbocycles. The molecular formula is C12H19N3O4. The lowest BCUT2D eigenvalue weighted by molar-refractivity contribution is -0.121. The van der Waals surface area contributed by atoms with Crippen molar-refractivity contribution in [2.75, 3.05) is 20.2 Å². The first kappa shape index (κ1) is 15.2. The Morgan fingerprint density at radius 1 is 1.53 bits per heavy atom. The summed E-state index contributed by atoms with van der Waals surface area (Å²) in [5.41, 5.74) is 0. The summed E-state index contributed by atoms with van der Waals surface area (Å²) in [7, 11) is 1.70. The van der Waals surface area contributed by atoms with E-state index in [-0.39, 0.29) is 25.7 Å². The standard InChI is InChI=1S/C12H19N3O4/c1-9(8-16)15(2)7-11(17)14-12(18)13-6-10-4-3-5-19-10/h3-5,9,16H,6-8H2,1-2H3,(H2,13,14,17,18). The van der Waals surface area contributed by atoms with E-state index in [4.69, 9.17) is 9.52 Å². The van der Waals surface area contributed by atoms with Crippen molar-refractivity contribution in [2.45, 2.75) is 19.5 Å². The number of aliphatic hydroxyl groups excluding tert-OH is 1. The van der Waals surface area contributed by atoms with Crippen LogP contribution in [0.15, 0.2) is 22.8 Å². The number of hydrogen-bond donors (Lipinski definition) is 3. The van der Waals surface area contributed by atoms with E-state index in [2.05, 4.69) is 10.6 Å². The van der Waals surface area contributed by atoms with Crippen LogP contribution in [0.4, 0.5) is 4.79 Å². The summed E-state index contributed by atoms with van der Waals surface area (Å²) < 4.78 is 5.04. The molecule has 1 heterocycles. The van der Waals surface area contributed by atoms with Gasteiger partial charge in [-0.05, 0) is 26.1 Å². The van der Waals surface area contributed by atoms with Gasteiger partial charge >= 0.3 is 6.03 Å². The molecule has 0 saturated carbocycles. The molecule has 1 aromatic rings. The third-order valence-corrected chi connectivity index (χ3v) is 2.67. The minimum atomic E-state index is -0.577. The van der Waals surface area contributed by atoms with Gasteiger partial charge in [0.1, 0.15) is 5.76 Å². The third kappa shape index (κ3) is 5.54. The molecule has 3 amide bonds. The molecule has 7 nitrogen and oxygen atoms in total. The molecule has 19 heavy (non-hydrogen) atoms. The first-order valence-corrected chi connectivity index (χ1v) is 5.94. The highest BCUT2D eigenvalue weighted by molar-refractivity contribution is 5.95. The fourth-order valence-electron chi connectivity index (χ4n) is 1.31. The first-order valence-electron chi connectivity index (χ1n) is 5.94. The van der Waals surface area contributed by atoms with Crippen LogP contribution in [0.25, 0.3) is 0 Å². The van der Waals surface area contributed by atoms with E-state index >= 15 is 0 Å². The minimum absolute atomic E-state index is 0.0376. The third-order valence-electron chi connectivity index (χ3n) is 2.67. The molecule has 106 valence electrons. The first-order chi connectivity index (χ1) is 9.02. The Hall–Kier alpha value is -1.86. The van der Waals surface area contributed by atoms with Crippen molar-refractivity contribution in [2.24, 2.45) is 0 Å². The maximum Gasteiger partial charge on any atom is 0.321 e. The molecule has 3 N–H and O–H groups in total. The van der Waals surface area contributed by atoms with Crippen LogP contribution in [0, 0.1) is 0 Å². The van der Waals surface area contributed by atoms with E-state index in [1.54, 1.807) is 31.0 Å². The Bertz CT molecular complexity index is 405. The highest BCUT2D eigenvalue weighted by Gasteiger charge is 2.14. The monoisotopic (exact) mass is 269 g/mol. The topological polar surface area (TPSA) is 94.8 Å². The maximum atomic E-state index is 11.5. The van der Waals surface area contributed by atoms with Gasteiger partial charge in [-0.3, -0.25) is 15.0 Å². The molecule has 1 unspecified atom stereocenters. The Morgan fingerprint density at radius 2 is 2.26 bits per heavy atom. The number of imide groups is 1. The van der Waals surface area contributed by atoms with Crippen LogP contribution in [0.5, 0.6) is 0 Å². The Kier molecular flexibility index (Phi) is 6.04. The van der Waals surface area contributed by atoms with Crippen LogP contribution in [0.2, 0.25) is 0 Å². The zero-order chi connectivity index (χ0) is 14.3. The quantitative estimate of drug-likeness (QED) is 0.671. The van der Waals surface area contributed by atoms with Gasteiger partial charge in [0.2, 0.25) is 5.91 Å². The molecule has 0 aliphatic carbocycles. The molecule has 0 saturated heterocycles. The number of aliphatic hydroxyl groups is 1. The molecule has 0 bridgehead atoms. The second kappa shape index (κ2) is 7.55. The van der Waals surface area contributed by atoms with E-state index in [0.29, 0.717) is 5.76 Å². The largest absolute Gasteiger partial charge is 0.467 e. The highest BCUT2D eigenvalue weighted by atomic mass is 16.3. The number of furan rings is 1. The summed E-state index contributed by atoms with van der Waals surface area (Å²) in [5, 5.41) is 13.6. The van der Waals surface area contributed by atoms with Crippen LogP contribution < -0.4 is 10.6 Å². The normalized spacial score (nSPS) is 12.2. The van der Waals surface area contributed by atoms with Gasteiger partial charge in [-0.1, -0.05) is 0 Å². The van der Waals surface area contributed by atoms with Gasteiger partial charge < -0.3 is 14.8 Å². The second-order valence-corrected chi connectivity index (χ2v) is 4.26. The molecular weight excluding hydrogens is 250 g/mol. The van der Waals surface area contributed by atoms with Crippen LogP contribution >= 0.6 is 0 Å². The van der Waals surface area contributed by atoms with Crippen LogP contribution in [-0.2, 0) is 11.3 Å². The Balaban J connectivity index is 2.26. The van der Waals surface area contributed by atoms with Crippen LogP contribution in [-0.4, -0.2) is 48.2 Å². The van der Waals surface area contributed by atoms with Crippen LogP contribution in [0.3, 0.4) is 0 Å². The zero-order valence-corrected chi connectivity index (χ0v) is 11.0. The maximum absolute atomic E-state index is 11.5. The number of carbonyl (C=O) groups excluding carboxylic acids is 2. The molecule has 1 atom stereocenters. The second-order valence-electron chi connectivity index (χ2n) is 4.26. The number of amides is 3. The van der Waals surface area contributed by atoms with Gasteiger partial charge in [0.25, 0.3) is 0 Å². The fourth-order valence-corrected chi connectivity index (χ4v) is 1.31. The summed E-state index contributed by atoms with van der Waals surface area (Å²) in [6.07, 6.45) is 1.51. The molecule has 1 rings (SSSR count). The van der Waals surface area contributed by atoms with Gasteiger partial charge in [-0.15, -0.1) is 0 Å². The van der Waals surface area contributed by atoms with Gasteiger partial charge in [-0.2, -0.15) is 0 Å². The minimum Gasteiger partial charge on any atom is -0.467 e. The van der Waals surface area contributed by atoms with Crippen molar-refractivity contribution >= 4 is 11.9 Å². The molecule has 1 aromatic heterocycles. The number of urea groups is 1. The lowest BCUT2D eigenvalue weighted by Crippen LogP contribution is -2.45. The number of hydrogen-bond acceptors (Lipinski definition) is 5. The predicted molar refractivity (Wildman–Crippen MR) is 68.3 cm³/mol. The molecule has 0 fully saturated rings. The lowest BCUT2D eigenvalue weighted by Gasteiger charge is -2.21. The predicted octanol–water partition coefficient (Wildman–Crippen LogP) is -0.0820. The van der Waals surface area contributed by atoms with Crippen molar-refractivity contribution in [3.63, 3.8) is 0 Å². The molecule has 0 spiro atoms. The lowest BCUT2D eigenvalue weighted by atomic mass is 10.3. The van der Waals surface area contributed by atoms with E-state index in [1.165, 1.54) is 6.26 Å². The Morgan fingerprint density at radius 3 is 2.84 bits per heavy atom. The summed E-state index contributed by atoms with van der Waals surface area (Å²) in [5.74, 6) is 0.174. The molecule has 0 aliphatic rings. The Labute approximate surface area is 111 Å². The van der Waals surface area contributed by atoms with Crippen LogP contribution in [0.1, 0.15) is 12.7 Å². The smallest absolute Gasteiger partial charge is 0.321 e. The van der Waals surface area contributed by atoms with Crippen molar-refractivity contribution in [3.05, 3.63) is 24.2 Å². The number of likely N-dealkylation sites (N-methyl/N-ethyl adjacent to an activating group) is 1. The molecule has 0 aliphatic heterocycles. The van der Waals surface area contributed by atoms with Crippen molar-refractivity contribution in [1.29, 1.82) is 0 Å². The number of nitrogens with zero attached hydrogens (tertiary/aromatic N) is 1. The van der Waals surface area contributed by atoms with Gasteiger partial charge in [0, 0.05) is 6.04 Å². The molecule has 0 radical (unpaired) electrons. The zero-order valence-electron chi connectivity index (χ0n) is 11.0. The summed E-state index contributed by atoms with van der Waals surface area (Å²) in [4.78, 5) is 24.6. The fraction of sp³-hybridized carbons (Fsp3) is 0.500. The van der Waals surface area contributed by atoms with Crippen molar-refractivity contribution < 1.29 is 19.1 Å². The summed E-state index contributed by atoms with van der Waals surface area (Å²) in [6.45, 7) is 1.99. The average Bonchev–Trinajstić information content (AvgIpc) is 2.88. The SMILES string of the molecule is CC(CO)N(C)CC(=O)NC(=O)NCc1ccco1. The summed E-state index contributed by atoms with van der Waals surface area (Å²) in [6, 6.07) is 2.72. The van der Waals surface area contributed by atoms with Crippen molar-refractivity contribution in [3.8, 4) is 0 Å².